The molecule has 0 aromatic carbocycles. The van der Waals surface area contributed by atoms with E-state index >= 15 is 0 Å². The van der Waals surface area contributed by atoms with E-state index in [0.717, 1.165) is 12.8 Å². The largest absolute Gasteiger partial charge is 0.408 e. The van der Waals surface area contributed by atoms with Crippen LogP contribution in [0.1, 0.15) is 35.1 Å². The Morgan fingerprint density at radius 3 is 3.00 bits per heavy atom. The molecule has 2 aromatic heterocycles. The normalized spacial score (nSPS) is 14.5. The Labute approximate surface area is 111 Å². The third-order valence-corrected chi connectivity index (χ3v) is 3.20. The topological polar surface area (TPSA) is 80.9 Å². The highest BCUT2D eigenvalue weighted by atomic mass is 79.9. The molecule has 6 nitrogen and oxygen atoms in total. The number of anilines is 1. The van der Waals surface area contributed by atoms with Crippen molar-refractivity contribution in [1.29, 1.82) is 0 Å². The molecule has 0 aliphatic heterocycles. The lowest BCUT2D eigenvalue weighted by Crippen LogP contribution is -2.14. The number of halogens is 1. The van der Waals surface area contributed by atoms with Crippen LogP contribution in [-0.2, 0) is 0 Å². The first kappa shape index (κ1) is 11.3. The lowest BCUT2D eigenvalue weighted by molar-refractivity contribution is 0.101. The molecule has 1 aliphatic rings. The monoisotopic (exact) mass is 308 g/mol. The van der Waals surface area contributed by atoms with E-state index in [1.165, 1.54) is 0 Å². The minimum absolute atomic E-state index is 0.111. The van der Waals surface area contributed by atoms with E-state index < -0.39 is 0 Å². The summed E-state index contributed by atoms with van der Waals surface area (Å²) in [6, 6.07) is 3.59. The van der Waals surface area contributed by atoms with E-state index in [2.05, 4.69) is 36.4 Å². The minimum atomic E-state index is -0.381. The number of carbonyl (C=O) groups is 1. The molecule has 7 heteroatoms. The minimum Gasteiger partial charge on any atom is -0.408 e. The predicted molar refractivity (Wildman–Crippen MR) is 66.2 cm³/mol. The third-order valence-electron chi connectivity index (χ3n) is 2.56. The van der Waals surface area contributed by atoms with Crippen molar-refractivity contribution in [3.8, 4) is 0 Å². The number of pyridine rings is 1. The molecule has 2 heterocycles. The van der Waals surface area contributed by atoms with E-state index in [9.17, 15) is 4.79 Å². The van der Waals surface area contributed by atoms with Crippen LogP contribution in [0.2, 0.25) is 0 Å². The van der Waals surface area contributed by atoms with Crippen molar-refractivity contribution >= 4 is 27.9 Å². The average Bonchev–Trinajstić information content (AvgIpc) is 3.11. The van der Waals surface area contributed by atoms with E-state index in [4.69, 9.17) is 4.42 Å². The lowest BCUT2D eigenvalue weighted by atomic mass is 10.3. The highest BCUT2D eigenvalue weighted by Crippen LogP contribution is 2.39. The van der Waals surface area contributed by atoms with Crippen molar-refractivity contribution in [2.24, 2.45) is 0 Å². The molecule has 92 valence electrons. The summed E-state index contributed by atoms with van der Waals surface area (Å²) in [6.07, 6.45) is 3.69. The molecule has 0 saturated heterocycles. The Kier molecular flexibility index (Phi) is 2.83. The van der Waals surface area contributed by atoms with Gasteiger partial charge in [-0.1, -0.05) is 5.10 Å². The third kappa shape index (κ3) is 2.26. The molecule has 1 fully saturated rings. The number of aromatic nitrogens is 3. The van der Waals surface area contributed by atoms with Gasteiger partial charge in [0.2, 0.25) is 5.89 Å². The number of nitrogens with one attached hydrogen (secondary N) is 1. The van der Waals surface area contributed by atoms with Crippen molar-refractivity contribution < 1.29 is 9.21 Å². The van der Waals surface area contributed by atoms with Gasteiger partial charge < -0.3 is 4.42 Å². The lowest BCUT2D eigenvalue weighted by Gasteiger charge is -2.01. The molecular weight excluding hydrogens is 300 g/mol. The molecule has 0 unspecified atom stereocenters. The fourth-order valence-corrected chi connectivity index (χ4v) is 1.92. The SMILES string of the molecule is O=C(Nc1nnc(C2CC2)o1)c1ncccc1Br. The number of carbonyl (C=O) groups excluding carboxylic acids is 1. The van der Waals surface area contributed by atoms with Crippen LogP contribution in [0.15, 0.2) is 27.2 Å². The second-order valence-corrected chi connectivity index (χ2v) is 4.86. The summed E-state index contributed by atoms with van der Waals surface area (Å²) < 4.78 is 5.96. The Morgan fingerprint density at radius 1 is 1.44 bits per heavy atom. The molecule has 3 rings (SSSR count). The molecule has 0 radical (unpaired) electrons. The number of hydrogen-bond donors (Lipinski definition) is 1. The maximum Gasteiger partial charge on any atom is 0.322 e. The fourth-order valence-electron chi connectivity index (χ4n) is 1.49. The van der Waals surface area contributed by atoms with E-state index in [1.54, 1.807) is 18.3 Å². The van der Waals surface area contributed by atoms with Gasteiger partial charge in [-0.05, 0) is 40.9 Å². The van der Waals surface area contributed by atoms with Gasteiger partial charge in [0.25, 0.3) is 5.91 Å². The van der Waals surface area contributed by atoms with Gasteiger partial charge in [-0.3, -0.25) is 10.1 Å². The molecule has 0 bridgehead atoms. The Bertz CT molecular complexity index is 594. The maximum atomic E-state index is 11.9. The summed E-state index contributed by atoms with van der Waals surface area (Å²) in [5, 5.41) is 10.2. The van der Waals surface area contributed by atoms with Crippen LogP contribution in [0.25, 0.3) is 0 Å². The zero-order valence-electron chi connectivity index (χ0n) is 9.26. The first-order valence-corrected chi connectivity index (χ1v) is 6.28. The molecule has 1 aliphatic carbocycles. The summed E-state index contributed by atoms with van der Waals surface area (Å²) in [6.45, 7) is 0. The molecule has 0 atom stereocenters. The second kappa shape index (κ2) is 4.49. The number of rotatable bonds is 3. The Morgan fingerprint density at radius 2 is 2.28 bits per heavy atom. The summed E-state index contributed by atoms with van der Waals surface area (Å²) >= 11 is 3.26. The number of hydrogen-bond acceptors (Lipinski definition) is 5. The summed E-state index contributed by atoms with van der Waals surface area (Å²) in [5.74, 6) is 0.573. The Hall–Kier alpha value is -1.76. The molecule has 2 aromatic rings. The van der Waals surface area contributed by atoms with E-state index in [0.29, 0.717) is 16.3 Å². The zero-order chi connectivity index (χ0) is 12.5. The number of nitrogens with zero attached hydrogens (tertiary/aromatic N) is 3. The molecule has 0 spiro atoms. The van der Waals surface area contributed by atoms with Gasteiger partial charge in [0.15, 0.2) is 0 Å². The van der Waals surface area contributed by atoms with Gasteiger partial charge in [0.1, 0.15) is 5.69 Å². The predicted octanol–water partition coefficient (Wildman–Crippen LogP) is 2.36. The highest BCUT2D eigenvalue weighted by Gasteiger charge is 2.29. The first-order valence-electron chi connectivity index (χ1n) is 5.49. The summed E-state index contributed by atoms with van der Waals surface area (Å²) in [4.78, 5) is 15.9. The maximum absolute atomic E-state index is 11.9. The van der Waals surface area contributed by atoms with Gasteiger partial charge in [-0.25, -0.2) is 4.98 Å². The van der Waals surface area contributed by atoms with Crippen LogP contribution in [0.3, 0.4) is 0 Å². The average molecular weight is 309 g/mol. The molecule has 18 heavy (non-hydrogen) atoms. The van der Waals surface area contributed by atoms with Crippen molar-refractivity contribution in [2.75, 3.05) is 5.32 Å². The smallest absolute Gasteiger partial charge is 0.322 e. The Balaban J connectivity index is 1.75. The summed E-state index contributed by atoms with van der Waals surface area (Å²) in [7, 11) is 0. The van der Waals surface area contributed by atoms with Crippen molar-refractivity contribution in [3.63, 3.8) is 0 Å². The van der Waals surface area contributed by atoms with Crippen LogP contribution in [0, 0.1) is 0 Å². The van der Waals surface area contributed by atoms with E-state index in [1.807, 2.05) is 0 Å². The van der Waals surface area contributed by atoms with Crippen LogP contribution < -0.4 is 5.32 Å². The van der Waals surface area contributed by atoms with Crippen molar-refractivity contribution in [1.82, 2.24) is 15.2 Å². The van der Waals surface area contributed by atoms with Crippen molar-refractivity contribution in [3.05, 3.63) is 34.4 Å². The van der Waals surface area contributed by atoms with Gasteiger partial charge in [-0.15, -0.1) is 5.10 Å². The standard InChI is InChI=1S/C11H9BrN4O2/c12-7-2-1-5-13-8(7)9(17)14-11-16-15-10(18-11)6-3-4-6/h1-2,5-6H,3-4H2,(H,14,16,17). The fraction of sp³-hybridized carbons (Fsp3) is 0.273. The van der Waals surface area contributed by atoms with Gasteiger partial charge in [-0.2, -0.15) is 0 Å². The van der Waals surface area contributed by atoms with Crippen LogP contribution in [-0.4, -0.2) is 21.1 Å². The van der Waals surface area contributed by atoms with Gasteiger partial charge in [0.05, 0.1) is 0 Å². The molecule has 1 N–H and O–H groups in total. The van der Waals surface area contributed by atoms with Crippen molar-refractivity contribution in [2.45, 2.75) is 18.8 Å². The van der Waals surface area contributed by atoms with Crippen LogP contribution >= 0.6 is 15.9 Å². The highest BCUT2D eigenvalue weighted by molar-refractivity contribution is 9.10. The van der Waals surface area contributed by atoms with Gasteiger partial charge >= 0.3 is 6.01 Å². The summed E-state index contributed by atoms with van der Waals surface area (Å²) in [5.41, 5.74) is 0.281. The first-order chi connectivity index (χ1) is 8.74. The van der Waals surface area contributed by atoms with Crippen LogP contribution in [0.4, 0.5) is 6.01 Å². The second-order valence-electron chi connectivity index (χ2n) is 4.01. The van der Waals surface area contributed by atoms with E-state index in [-0.39, 0.29) is 17.6 Å². The quantitative estimate of drug-likeness (QED) is 0.941. The molecule has 1 amide bonds. The van der Waals surface area contributed by atoms with Crippen LogP contribution in [0.5, 0.6) is 0 Å². The number of amides is 1. The zero-order valence-corrected chi connectivity index (χ0v) is 10.8. The van der Waals surface area contributed by atoms with Gasteiger partial charge in [0, 0.05) is 16.6 Å². The molecule has 1 saturated carbocycles. The molecular formula is C11H9BrN4O2.